The van der Waals surface area contributed by atoms with Crippen LogP contribution in [0.2, 0.25) is 15.1 Å². The van der Waals surface area contributed by atoms with Crippen LogP contribution < -0.4 is 0 Å². The van der Waals surface area contributed by atoms with Crippen molar-refractivity contribution in [1.82, 2.24) is 4.90 Å². The highest BCUT2D eigenvalue weighted by Crippen LogP contribution is 2.42. The predicted octanol–water partition coefficient (Wildman–Crippen LogP) is 6.74. The summed E-state index contributed by atoms with van der Waals surface area (Å²) in [6.07, 6.45) is 1.40. The van der Waals surface area contributed by atoms with Crippen LogP contribution in [0.4, 0.5) is 4.79 Å². The van der Waals surface area contributed by atoms with Crippen molar-refractivity contribution in [2.45, 2.75) is 6.54 Å². The third-order valence-electron chi connectivity index (χ3n) is 4.54. The number of phenols is 1. The maximum absolute atomic E-state index is 12.9. The lowest BCUT2D eigenvalue weighted by Crippen LogP contribution is -2.27. The summed E-state index contributed by atoms with van der Waals surface area (Å²) in [4.78, 5) is 26.7. The molecule has 1 fully saturated rings. The number of carbonyl (C=O) groups is 2. The Bertz CT molecular complexity index is 1200. The lowest BCUT2D eigenvalue weighted by Gasteiger charge is -2.14. The van der Waals surface area contributed by atoms with E-state index in [-0.39, 0.29) is 43.1 Å². The molecule has 0 aliphatic carbocycles. The third kappa shape index (κ3) is 3.71. The van der Waals surface area contributed by atoms with E-state index in [0.717, 1.165) is 28.1 Å². The second-order valence-corrected chi connectivity index (χ2v) is 8.51. The fourth-order valence-electron chi connectivity index (χ4n) is 3.10. The fourth-order valence-corrected chi connectivity index (χ4v) is 4.79. The Morgan fingerprint density at radius 2 is 1.72 bits per heavy atom. The summed E-state index contributed by atoms with van der Waals surface area (Å²) in [6.45, 7) is 0.149. The Morgan fingerprint density at radius 1 is 1.00 bits per heavy atom. The van der Waals surface area contributed by atoms with Gasteiger partial charge in [-0.2, -0.15) is 0 Å². The molecule has 8 heteroatoms. The normalized spacial score (nSPS) is 15.7. The van der Waals surface area contributed by atoms with Gasteiger partial charge in [0.05, 0.1) is 26.5 Å². The van der Waals surface area contributed by atoms with E-state index in [2.05, 4.69) is 0 Å². The van der Waals surface area contributed by atoms with Crippen LogP contribution in [0.5, 0.6) is 5.75 Å². The topological polar surface area (TPSA) is 57.6 Å². The predicted molar refractivity (Wildman–Crippen MR) is 119 cm³/mol. The fraction of sp³-hybridized carbons (Fsp3) is 0.0476. The first-order valence-corrected chi connectivity index (χ1v) is 10.4. The summed E-state index contributed by atoms with van der Waals surface area (Å²) in [6, 6.07) is 14.9. The average Bonchev–Trinajstić information content (AvgIpc) is 2.97. The number of amides is 2. The molecular weight excluding hydrogens is 453 g/mol. The van der Waals surface area contributed by atoms with Crippen LogP contribution in [0.3, 0.4) is 0 Å². The zero-order valence-corrected chi connectivity index (χ0v) is 17.7. The molecule has 0 atom stereocenters. The maximum atomic E-state index is 12.9. The molecule has 0 saturated carbocycles. The number of aromatic hydroxyl groups is 1. The van der Waals surface area contributed by atoms with Gasteiger partial charge in [-0.15, -0.1) is 0 Å². The van der Waals surface area contributed by atoms with Gasteiger partial charge in [-0.1, -0.05) is 77.3 Å². The van der Waals surface area contributed by atoms with Crippen LogP contribution in [-0.2, 0) is 11.3 Å². The Kier molecular flexibility index (Phi) is 5.49. The number of nitrogens with zero attached hydrogens (tertiary/aromatic N) is 1. The van der Waals surface area contributed by atoms with E-state index < -0.39 is 5.91 Å². The van der Waals surface area contributed by atoms with Crippen molar-refractivity contribution in [3.05, 3.63) is 79.6 Å². The summed E-state index contributed by atoms with van der Waals surface area (Å²) >= 11 is 18.9. The van der Waals surface area contributed by atoms with E-state index in [1.165, 1.54) is 17.0 Å². The summed E-state index contributed by atoms with van der Waals surface area (Å²) in [5, 5.41) is 11.6. The van der Waals surface area contributed by atoms with E-state index >= 15 is 0 Å². The van der Waals surface area contributed by atoms with Gasteiger partial charge in [0.15, 0.2) is 5.75 Å². The third-order valence-corrected chi connectivity index (χ3v) is 6.43. The summed E-state index contributed by atoms with van der Waals surface area (Å²) < 4.78 is 0. The van der Waals surface area contributed by atoms with Gasteiger partial charge in [-0.05, 0) is 40.2 Å². The molecule has 0 aromatic heterocycles. The van der Waals surface area contributed by atoms with Crippen LogP contribution in [0.15, 0.2) is 53.4 Å². The zero-order valence-electron chi connectivity index (χ0n) is 14.7. The maximum Gasteiger partial charge on any atom is 0.293 e. The van der Waals surface area contributed by atoms with Gasteiger partial charge in [0.25, 0.3) is 11.1 Å². The van der Waals surface area contributed by atoms with Crippen molar-refractivity contribution < 1.29 is 14.7 Å². The number of halogens is 3. The van der Waals surface area contributed by atoms with Gasteiger partial charge >= 0.3 is 0 Å². The lowest BCUT2D eigenvalue weighted by atomic mass is 10.0. The van der Waals surface area contributed by atoms with E-state index in [4.69, 9.17) is 34.8 Å². The van der Waals surface area contributed by atoms with Crippen LogP contribution in [0, 0.1) is 0 Å². The second-order valence-electron chi connectivity index (χ2n) is 6.32. The molecule has 3 aromatic carbocycles. The van der Waals surface area contributed by atoms with Gasteiger partial charge in [-0.3, -0.25) is 14.5 Å². The van der Waals surface area contributed by atoms with Crippen LogP contribution >= 0.6 is 46.6 Å². The second kappa shape index (κ2) is 7.92. The highest BCUT2D eigenvalue weighted by Gasteiger charge is 2.35. The number of imide groups is 1. The molecular formula is C21H12Cl3NO3S. The van der Waals surface area contributed by atoms with E-state index in [9.17, 15) is 14.7 Å². The number of benzene rings is 3. The average molecular weight is 465 g/mol. The molecule has 1 saturated heterocycles. The SMILES string of the molecule is O=C1S/C(=C\c2c(Cl)cc(Cl)c(O)c2Cl)C(=O)N1Cc1cccc2ccccc12. The van der Waals surface area contributed by atoms with Crippen LogP contribution in [0.25, 0.3) is 16.8 Å². The molecule has 0 radical (unpaired) electrons. The smallest absolute Gasteiger partial charge is 0.293 e. The van der Waals surface area contributed by atoms with Crippen molar-refractivity contribution in [1.29, 1.82) is 0 Å². The first-order chi connectivity index (χ1) is 13.9. The molecule has 3 aromatic rings. The molecule has 1 aliphatic rings. The first-order valence-electron chi connectivity index (χ1n) is 8.45. The highest BCUT2D eigenvalue weighted by atomic mass is 35.5. The van der Waals surface area contributed by atoms with E-state index in [1.54, 1.807) is 0 Å². The molecule has 2 amide bonds. The van der Waals surface area contributed by atoms with Gasteiger partial charge < -0.3 is 5.11 Å². The van der Waals surface area contributed by atoms with Crippen LogP contribution in [-0.4, -0.2) is 21.2 Å². The number of rotatable bonds is 3. The number of fused-ring (bicyclic) bond motifs is 1. The lowest BCUT2D eigenvalue weighted by molar-refractivity contribution is -0.123. The Balaban J connectivity index is 1.68. The van der Waals surface area contributed by atoms with Gasteiger partial charge in [-0.25, -0.2) is 0 Å². The largest absolute Gasteiger partial charge is 0.505 e. The van der Waals surface area contributed by atoms with Gasteiger partial charge in [0.1, 0.15) is 0 Å². The van der Waals surface area contributed by atoms with Crippen molar-refractivity contribution in [2.75, 3.05) is 0 Å². The molecule has 4 nitrogen and oxygen atoms in total. The molecule has 1 heterocycles. The molecule has 4 rings (SSSR count). The Morgan fingerprint density at radius 3 is 2.52 bits per heavy atom. The molecule has 146 valence electrons. The number of thioether (sulfide) groups is 1. The minimum atomic E-state index is -0.450. The number of hydrogen-bond acceptors (Lipinski definition) is 4. The van der Waals surface area contributed by atoms with Crippen molar-refractivity contribution in [3.8, 4) is 5.75 Å². The molecule has 1 N–H and O–H groups in total. The summed E-state index contributed by atoms with van der Waals surface area (Å²) in [5.74, 6) is -0.784. The van der Waals surface area contributed by atoms with E-state index in [0.29, 0.717) is 0 Å². The molecule has 0 spiro atoms. The highest BCUT2D eigenvalue weighted by molar-refractivity contribution is 8.18. The van der Waals surface area contributed by atoms with Crippen molar-refractivity contribution in [2.24, 2.45) is 0 Å². The first kappa shape index (κ1) is 20.1. The van der Waals surface area contributed by atoms with Crippen molar-refractivity contribution in [3.63, 3.8) is 0 Å². The van der Waals surface area contributed by atoms with Crippen LogP contribution in [0.1, 0.15) is 11.1 Å². The minimum Gasteiger partial charge on any atom is -0.505 e. The number of carbonyl (C=O) groups excluding carboxylic acids is 2. The molecule has 1 aliphatic heterocycles. The van der Waals surface area contributed by atoms with Gasteiger partial charge in [0.2, 0.25) is 0 Å². The van der Waals surface area contributed by atoms with Gasteiger partial charge in [0, 0.05) is 5.56 Å². The van der Waals surface area contributed by atoms with E-state index in [1.807, 2.05) is 42.5 Å². The number of phenolic OH excluding ortho intramolecular Hbond substituents is 1. The summed E-state index contributed by atoms with van der Waals surface area (Å²) in [5.41, 5.74) is 1.10. The molecule has 0 unspecified atom stereocenters. The zero-order chi connectivity index (χ0) is 20.7. The molecule has 0 bridgehead atoms. The minimum absolute atomic E-state index is 0.00112. The molecule has 29 heavy (non-hydrogen) atoms. The Hall–Kier alpha value is -2.18. The monoisotopic (exact) mass is 463 g/mol. The quantitative estimate of drug-likeness (QED) is 0.436. The number of hydrogen-bond donors (Lipinski definition) is 1. The summed E-state index contributed by atoms with van der Waals surface area (Å²) in [7, 11) is 0. The Labute approximate surface area is 185 Å². The standard InChI is InChI=1S/C21H12Cl3NO3S/c22-15-9-16(23)19(26)18(24)14(15)8-17-20(27)25(21(28)29-17)10-12-6-3-5-11-4-1-2-7-13(11)12/h1-9,26H,10H2/b17-8-. The van der Waals surface area contributed by atoms with Crippen molar-refractivity contribution >= 4 is 74.6 Å².